The van der Waals surface area contributed by atoms with Gasteiger partial charge in [0.2, 0.25) is 5.91 Å². The van der Waals surface area contributed by atoms with E-state index >= 15 is 0 Å². The second kappa shape index (κ2) is 13.6. The number of unbranched alkanes of at least 4 members (excludes halogenated alkanes) is 12. The van der Waals surface area contributed by atoms with Gasteiger partial charge in [-0.1, -0.05) is 84.0 Å². The first-order chi connectivity index (χ1) is 13.7. The Kier molecular flexibility index (Phi) is 12.4. The fourth-order valence-corrected chi connectivity index (χ4v) is 4.97. The van der Waals surface area contributed by atoms with E-state index in [0.717, 1.165) is 25.7 Å². The molecule has 0 bridgehead atoms. The minimum absolute atomic E-state index is 0.111. The number of rotatable bonds is 15. The Morgan fingerprint density at radius 1 is 0.759 bits per heavy atom. The van der Waals surface area contributed by atoms with E-state index in [4.69, 9.17) is 0 Å². The molecule has 1 rings (SSSR count). The topological polar surface area (TPSA) is 52.2 Å². The average Bonchev–Trinajstić information content (AvgIpc) is 2.63. The third-order valence-corrected chi connectivity index (χ3v) is 6.46. The van der Waals surface area contributed by atoms with Crippen LogP contribution in [-0.4, -0.2) is 28.1 Å². The Bertz CT molecular complexity index is 430. The van der Waals surface area contributed by atoms with Crippen LogP contribution < -0.4 is 5.32 Å². The van der Waals surface area contributed by atoms with Gasteiger partial charge in [0.25, 0.3) is 0 Å². The molecule has 171 valence electrons. The SMILES string of the molecule is CCCCCCCCCCCCCCCC(=O)NC1CC(C)(C)N([O])C(C)(C)C1. The fourth-order valence-electron chi connectivity index (χ4n) is 4.97. The summed E-state index contributed by atoms with van der Waals surface area (Å²) in [4.78, 5) is 12.3. The van der Waals surface area contributed by atoms with Gasteiger partial charge in [0.15, 0.2) is 0 Å². The molecule has 1 fully saturated rings. The van der Waals surface area contributed by atoms with Crippen molar-refractivity contribution in [1.29, 1.82) is 0 Å². The molecule has 0 unspecified atom stereocenters. The molecule has 0 aromatic carbocycles. The van der Waals surface area contributed by atoms with Crippen LogP contribution in [0.25, 0.3) is 0 Å². The van der Waals surface area contributed by atoms with Crippen molar-refractivity contribution in [2.24, 2.45) is 0 Å². The monoisotopic (exact) mass is 409 g/mol. The third kappa shape index (κ3) is 10.8. The van der Waals surface area contributed by atoms with Gasteiger partial charge in [-0.25, -0.2) is 0 Å². The number of piperidine rings is 1. The van der Waals surface area contributed by atoms with Gasteiger partial charge in [-0.3, -0.25) is 4.79 Å². The maximum atomic E-state index is 12.4. The summed E-state index contributed by atoms with van der Waals surface area (Å²) in [6, 6.07) is 0.111. The molecule has 1 aliphatic rings. The molecule has 4 heteroatoms. The molecule has 0 spiro atoms. The van der Waals surface area contributed by atoms with Gasteiger partial charge in [-0.05, 0) is 47.0 Å². The van der Waals surface area contributed by atoms with Gasteiger partial charge in [-0.15, -0.1) is 10.3 Å². The van der Waals surface area contributed by atoms with Crippen LogP contribution in [0.2, 0.25) is 0 Å². The van der Waals surface area contributed by atoms with Crippen LogP contribution in [0.3, 0.4) is 0 Å². The first-order valence-electron chi connectivity index (χ1n) is 12.5. The molecule has 4 nitrogen and oxygen atoms in total. The number of hydroxylamine groups is 2. The normalized spacial score (nSPS) is 19.4. The van der Waals surface area contributed by atoms with Crippen molar-refractivity contribution in [3.05, 3.63) is 0 Å². The van der Waals surface area contributed by atoms with E-state index in [2.05, 4.69) is 12.2 Å². The quantitative estimate of drug-likeness (QED) is 0.297. The van der Waals surface area contributed by atoms with Gasteiger partial charge in [0, 0.05) is 23.5 Å². The highest BCUT2D eigenvalue weighted by Crippen LogP contribution is 2.37. The lowest BCUT2D eigenvalue weighted by molar-refractivity contribution is -0.290. The average molecular weight is 410 g/mol. The van der Waals surface area contributed by atoms with Gasteiger partial charge in [0.05, 0.1) is 0 Å². The van der Waals surface area contributed by atoms with E-state index in [1.54, 1.807) is 0 Å². The van der Waals surface area contributed by atoms with Crippen molar-refractivity contribution in [3.8, 4) is 0 Å². The molecule has 0 aromatic rings. The largest absolute Gasteiger partial charge is 0.353 e. The number of carbonyl (C=O) groups excluding carboxylic acids is 1. The van der Waals surface area contributed by atoms with Crippen molar-refractivity contribution >= 4 is 5.91 Å². The van der Waals surface area contributed by atoms with E-state index in [1.807, 2.05) is 27.7 Å². The number of hydrogen-bond donors (Lipinski definition) is 1. The summed E-state index contributed by atoms with van der Waals surface area (Å²) in [5.41, 5.74) is -0.843. The zero-order chi connectivity index (χ0) is 21.8. The second-order valence-corrected chi connectivity index (χ2v) is 10.6. The van der Waals surface area contributed by atoms with E-state index in [-0.39, 0.29) is 11.9 Å². The van der Waals surface area contributed by atoms with Crippen molar-refractivity contribution in [1.82, 2.24) is 10.4 Å². The molecule has 0 aliphatic carbocycles. The molecule has 1 aliphatic heterocycles. The highest BCUT2D eigenvalue weighted by Gasteiger charge is 2.46. The molecular formula is C25H49N2O2. The first kappa shape index (κ1) is 26.4. The predicted molar refractivity (Wildman–Crippen MR) is 122 cm³/mol. The number of carbonyl (C=O) groups is 1. The lowest BCUT2D eigenvalue weighted by atomic mass is 9.79. The molecule has 0 saturated carbocycles. The molecule has 0 aromatic heterocycles. The van der Waals surface area contributed by atoms with Crippen molar-refractivity contribution in [3.63, 3.8) is 0 Å². The van der Waals surface area contributed by atoms with Crippen molar-refractivity contribution in [2.45, 2.75) is 154 Å². The first-order valence-corrected chi connectivity index (χ1v) is 12.5. The van der Waals surface area contributed by atoms with Crippen LogP contribution in [0, 0.1) is 0 Å². The van der Waals surface area contributed by atoms with Crippen LogP contribution in [0.15, 0.2) is 0 Å². The minimum atomic E-state index is -0.421. The standard InChI is InChI=1S/C25H49N2O2/c1-6-7-8-9-10-11-12-13-14-15-16-17-18-19-23(28)26-22-20-24(2,3)27(29)25(4,5)21-22/h22H,6-21H2,1-5H3,(H,26,28). The molecular weight excluding hydrogens is 360 g/mol. The second-order valence-electron chi connectivity index (χ2n) is 10.6. The molecule has 1 N–H and O–H groups in total. The van der Waals surface area contributed by atoms with Crippen LogP contribution in [0.4, 0.5) is 0 Å². The fraction of sp³-hybridized carbons (Fsp3) is 0.960. The third-order valence-electron chi connectivity index (χ3n) is 6.46. The maximum absolute atomic E-state index is 12.4. The lowest BCUT2D eigenvalue weighted by Crippen LogP contribution is -2.62. The predicted octanol–water partition coefficient (Wildman–Crippen LogP) is 6.95. The van der Waals surface area contributed by atoms with E-state index in [1.165, 1.54) is 75.7 Å². The van der Waals surface area contributed by atoms with E-state index < -0.39 is 11.1 Å². The Morgan fingerprint density at radius 2 is 1.14 bits per heavy atom. The van der Waals surface area contributed by atoms with Crippen LogP contribution >= 0.6 is 0 Å². The van der Waals surface area contributed by atoms with E-state index in [9.17, 15) is 10.0 Å². The Morgan fingerprint density at radius 3 is 1.55 bits per heavy atom. The summed E-state index contributed by atoms with van der Waals surface area (Å²) >= 11 is 0. The summed E-state index contributed by atoms with van der Waals surface area (Å²) in [6.07, 6.45) is 19.3. The summed E-state index contributed by atoms with van der Waals surface area (Å²) in [5, 5.41) is 16.8. The van der Waals surface area contributed by atoms with Crippen LogP contribution in [-0.2, 0) is 10.0 Å². The Hall–Kier alpha value is -0.610. The van der Waals surface area contributed by atoms with Crippen LogP contribution in [0.5, 0.6) is 0 Å². The summed E-state index contributed by atoms with van der Waals surface area (Å²) in [5.74, 6) is 0.157. The smallest absolute Gasteiger partial charge is 0.220 e. The summed E-state index contributed by atoms with van der Waals surface area (Å²) in [7, 11) is 0. The van der Waals surface area contributed by atoms with Crippen LogP contribution in [0.1, 0.15) is 137 Å². The molecule has 1 heterocycles. The number of nitrogens with one attached hydrogen (secondary N) is 1. The number of amides is 1. The van der Waals surface area contributed by atoms with Crippen molar-refractivity contribution in [2.75, 3.05) is 0 Å². The summed E-state index contributed by atoms with van der Waals surface area (Å²) in [6.45, 7) is 10.2. The minimum Gasteiger partial charge on any atom is -0.353 e. The number of hydrogen-bond acceptors (Lipinski definition) is 2. The van der Waals surface area contributed by atoms with Crippen molar-refractivity contribution < 1.29 is 10.0 Å². The van der Waals surface area contributed by atoms with Gasteiger partial charge in [-0.2, -0.15) is 0 Å². The van der Waals surface area contributed by atoms with Gasteiger partial charge >= 0.3 is 0 Å². The van der Waals surface area contributed by atoms with E-state index in [0.29, 0.717) is 6.42 Å². The summed E-state index contributed by atoms with van der Waals surface area (Å²) < 4.78 is 0. The highest BCUT2D eigenvalue weighted by atomic mass is 16.5. The molecule has 1 amide bonds. The zero-order valence-electron chi connectivity index (χ0n) is 20.2. The number of nitrogens with zero attached hydrogens (tertiary/aromatic N) is 1. The molecule has 29 heavy (non-hydrogen) atoms. The Labute approximate surface area is 181 Å². The zero-order valence-corrected chi connectivity index (χ0v) is 20.2. The van der Waals surface area contributed by atoms with Gasteiger partial charge < -0.3 is 5.32 Å². The van der Waals surface area contributed by atoms with Gasteiger partial charge in [0.1, 0.15) is 0 Å². The lowest BCUT2D eigenvalue weighted by Gasteiger charge is -2.50. The highest BCUT2D eigenvalue weighted by molar-refractivity contribution is 5.76. The molecule has 1 radical (unpaired) electrons. The molecule has 1 saturated heterocycles. The maximum Gasteiger partial charge on any atom is 0.220 e. The molecule has 0 atom stereocenters. The Balaban J connectivity index is 2.01.